The van der Waals surface area contributed by atoms with Crippen LogP contribution in [0.5, 0.6) is 0 Å². The van der Waals surface area contributed by atoms with Gasteiger partial charge in [0.05, 0.1) is 12.3 Å². The molecule has 2 rings (SSSR count). The third-order valence-corrected chi connectivity index (χ3v) is 3.04. The molecule has 0 radical (unpaired) electrons. The van der Waals surface area contributed by atoms with Crippen molar-refractivity contribution < 1.29 is 9.21 Å². The fourth-order valence-corrected chi connectivity index (χ4v) is 1.91. The molecular weight excluding hydrogens is 247 g/mol. The summed E-state index contributed by atoms with van der Waals surface area (Å²) in [4.78, 5) is 11.3. The maximum Gasteiger partial charge on any atom is 0.155 e. The number of aryl methyl sites for hydroxylation is 1. The smallest absolute Gasteiger partial charge is 0.155 e. The number of Topliss-reactive ketones (excluding diaryl/α,β-unsaturated/α-hetero) is 1. The Kier molecular flexibility index (Phi) is 3.22. The van der Waals surface area contributed by atoms with Gasteiger partial charge in [0.2, 0.25) is 0 Å². The van der Waals surface area contributed by atoms with E-state index in [-0.39, 0.29) is 18.1 Å². The number of carbonyl (C=O) groups excluding carboxylic acids is 1. The molecule has 1 aromatic carbocycles. The Morgan fingerprint density at radius 2 is 2.19 bits per heavy atom. The topological polar surface area (TPSA) is 30.2 Å². The number of hydrogen-bond acceptors (Lipinski definition) is 2. The van der Waals surface area contributed by atoms with E-state index in [4.69, 9.17) is 27.6 Å². The van der Waals surface area contributed by atoms with Crippen LogP contribution in [0.25, 0.3) is 11.0 Å². The summed E-state index contributed by atoms with van der Waals surface area (Å²) in [5.41, 5.74) is 1.70. The Labute approximate surface area is 103 Å². The minimum atomic E-state index is -0.0464. The molecule has 2 aromatic rings. The van der Waals surface area contributed by atoms with Crippen LogP contribution in [0.1, 0.15) is 11.3 Å². The first-order chi connectivity index (χ1) is 7.61. The van der Waals surface area contributed by atoms with Crippen molar-refractivity contribution in [3.05, 3.63) is 34.5 Å². The Bertz CT molecular complexity index is 543. The molecule has 0 atom stereocenters. The number of carbonyl (C=O) groups is 1. The number of benzene rings is 1. The van der Waals surface area contributed by atoms with E-state index in [1.807, 2.05) is 13.0 Å². The lowest BCUT2D eigenvalue weighted by molar-refractivity contribution is -0.116. The largest absolute Gasteiger partial charge is 0.460 e. The van der Waals surface area contributed by atoms with E-state index in [9.17, 15) is 4.79 Å². The normalized spacial score (nSPS) is 10.9. The van der Waals surface area contributed by atoms with Crippen molar-refractivity contribution >= 4 is 40.0 Å². The van der Waals surface area contributed by atoms with Gasteiger partial charge in [-0.3, -0.25) is 4.79 Å². The summed E-state index contributed by atoms with van der Waals surface area (Å²) in [7, 11) is 0. The van der Waals surface area contributed by atoms with Gasteiger partial charge in [0.15, 0.2) is 5.78 Å². The van der Waals surface area contributed by atoms with Gasteiger partial charge in [-0.1, -0.05) is 11.6 Å². The van der Waals surface area contributed by atoms with E-state index in [0.29, 0.717) is 10.8 Å². The van der Waals surface area contributed by atoms with Crippen LogP contribution in [-0.2, 0) is 11.2 Å². The van der Waals surface area contributed by atoms with Crippen LogP contribution in [0.4, 0.5) is 0 Å². The molecule has 0 fully saturated rings. The molecule has 0 unspecified atom stereocenters. The summed E-state index contributed by atoms with van der Waals surface area (Å²) >= 11 is 11.4. The molecule has 0 aliphatic carbocycles. The zero-order valence-electron chi connectivity index (χ0n) is 8.72. The highest BCUT2D eigenvalue weighted by molar-refractivity contribution is 6.31. The van der Waals surface area contributed by atoms with Crippen LogP contribution in [0.2, 0.25) is 5.02 Å². The summed E-state index contributed by atoms with van der Waals surface area (Å²) in [5, 5.41) is 1.61. The fourth-order valence-electron chi connectivity index (χ4n) is 1.64. The maximum atomic E-state index is 11.3. The van der Waals surface area contributed by atoms with Gasteiger partial charge in [-0.15, -0.1) is 11.6 Å². The van der Waals surface area contributed by atoms with Gasteiger partial charge in [0, 0.05) is 10.4 Å². The van der Waals surface area contributed by atoms with E-state index in [2.05, 4.69) is 0 Å². The molecule has 0 amide bonds. The molecule has 0 bridgehead atoms. The van der Waals surface area contributed by atoms with Gasteiger partial charge in [-0.05, 0) is 30.7 Å². The van der Waals surface area contributed by atoms with Crippen LogP contribution < -0.4 is 0 Å². The predicted octanol–water partition coefficient (Wildman–Crippen LogP) is 3.75. The second-order valence-electron chi connectivity index (χ2n) is 3.64. The molecule has 1 aromatic heterocycles. The minimum Gasteiger partial charge on any atom is -0.460 e. The third kappa shape index (κ3) is 2.08. The SMILES string of the molecule is Cc1c(CC(=O)CCl)oc2ccc(Cl)cc12. The summed E-state index contributed by atoms with van der Waals surface area (Å²) in [5.74, 6) is 0.634. The molecule has 0 aliphatic rings. The van der Waals surface area contributed by atoms with Crippen molar-refractivity contribution in [1.29, 1.82) is 0 Å². The van der Waals surface area contributed by atoms with Gasteiger partial charge >= 0.3 is 0 Å². The van der Waals surface area contributed by atoms with E-state index in [0.717, 1.165) is 16.5 Å². The fraction of sp³-hybridized carbons (Fsp3) is 0.250. The van der Waals surface area contributed by atoms with E-state index in [1.165, 1.54) is 0 Å². The average Bonchev–Trinajstić information content (AvgIpc) is 2.56. The van der Waals surface area contributed by atoms with E-state index in [1.54, 1.807) is 12.1 Å². The second kappa shape index (κ2) is 4.48. The Morgan fingerprint density at radius 3 is 2.88 bits per heavy atom. The van der Waals surface area contributed by atoms with Crippen LogP contribution in [0, 0.1) is 6.92 Å². The van der Waals surface area contributed by atoms with E-state index >= 15 is 0 Å². The monoisotopic (exact) mass is 256 g/mol. The number of hydrogen-bond donors (Lipinski definition) is 0. The number of rotatable bonds is 3. The Morgan fingerprint density at radius 1 is 1.44 bits per heavy atom. The van der Waals surface area contributed by atoms with Crippen molar-refractivity contribution in [1.82, 2.24) is 0 Å². The average molecular weight is 257 g/mol. The lowest BCUT2D eigenvalue weighted by Crippen LogP contribution is -2.03. The molecule has 16 heavy (non-hydrogen) atoms. The quantitative estimate of drug-likeness (QED) is 0.784. The zero-order valence-corrected chi connectivity index (χ0v) is 10.2. The van der Waals surface area contributed by atoms with Crippen molar-refractivity contribution in [2.75, 3.05) is 5.88 Å². The Balaban J connectivity index is 2.48. The molecule has 0 aliphatic heterocycles. The predicted molar refractivity (Wildman–Crippen MR) is 65.4 cm³/mol. The van der Waals surface area contributed by atoms with Gasteiger partial charge in [0.1, 0.15) is 11.3 Å². The lowest BCUT2D eigenvalue weighted by atomic mass is 10.1. The standard InChI is InChI=1S/C12H10Cl2O2/c1-7-10-4-8(14)2-3-11(10)16-12(7)5-9(15)6-13/h2-4H,5-6H2,1H3. The van der Waals surface area contributed by atoms with Crippen LogP contribution in [0.3, 0.4) is 0 Å². The zero-order chi connectivity index (χ0) is 11.7. The molecule has 2 nitrogen and oxygen atoms in total. The highest BCUT2D eigenvalue weighted by atomic mass is 35.5. The van der Waals surface area contributed by atoms with Crippen molar-refractivity contribution in [3.8, 4) is 0 Å². The summed E-state index contributed by atoms with van der Waals surface area (Å²) in [6.07, 6.45) is 0.238. The van der Waals surface area contributed by atoms with Crippen LogP contribution in [0.15, 0.2) is 22.6 Å². The van der Waals surface area contributed by atoms with Crippen LogP contribution >= 0.6 is 23.2 Å². The summed E-state index contributed by atoms with van der Waals surface area (Å²) in [6, 6.07) is 5.41. The number of ketones is 1. The molecular formula is C12H10Cl2O2. The van der Waals surface area contributed by atoms with Crippen molar-refractivity contribution in [2.24, 2.45) is 0 Å². The van der Waals surface area contributed by atoms with Gasteiger partial charge in [-0.25, -0.2) is 0 Å². The minimum absolute atomic E-state index is 0.0112. The number of fused-ring (bicyclic) bond motifs is 1. The molecule has 0 saturated heterocycles. The van der Waals surface area contributed by atoms with Gasteiger partial charge in [0.25, 0.3) is 0 Å². The highest BCUT2D eigenvalue weighted by Gasteiger charge is 2.13. The number of alkyl halides is 1. The van der Waals surface area contributed by atoms with Crippen LogP contribution in [-0.4, -0.2) is 11.7 Å². The van der Waals surface area contributed by atoms with E-state index < -0.39 is 0 Å². The molecule has 4 heteroatoms. The number of halogens is 2. The summed E-state index contributed by atoms with van der Waals surface area (Å²) < 4.78 is 5.59. The first-order valence-electron chi connectivity index (χ1n) is 4.87. The second-order valence-corrected chi connectivity index (χ2v) is 4.34. The highest BCUT2D eigenvalue weighted by Crippen LogP contribution is 2.28. The Hall–Kier alpha value is -0.990. The molecule has 84 valence electrons. The molecule has 0 spiro atoms. The first kappa shape index (κ1) is 11.5. The molecule has 0 saturated carbocycles. The molecule has 1 heterocycles. The van der Waals surface area contributed by atoms with Crippen molar-refractivity contribution in [2.45, 2.75) is 13.3 Å². The summed E-state index contributed by atoms with van der Waals surface area (Å²) in [6.45, 7) is 1.92. The van der Waals surface area contributed by atoms with Gasteiger partial charge < -0.3 is 4.42 Å². The maximum absolute atomic E-state index is 11.3. The lowest BCUT2D eigenvalue weighted by Gasteiger charge is -1.94. The van der Waals surface area contributed by atoms with Crippen molar-refractivity contribution in [3.63, 3.8) is 0 Å². The van der Waals surface area contributed by atoms with Gasteiger partial charge in [-0.2, -0.15) is 0 Å². The third-order valence-electron chi connectivity index (χ3n) is 2.50. The first-order valence-corrected chi connectivity index (χ1v) is 5.78. The molecule has 0 N–H and O–H groups in total. The number of furan rings is 1.